The monoisotopic (exact) mass is 291 g/mol. The Labute approximate surface area is 124 Å². The molecule has 0 unspecified atom stereocenters. The Hall–Kier alpha value is -2.11. The van der Waals surface area contributed by atoms with Gasteiger partial charge in [0.1, 0.15) is 5.69 Å². The third kappa shape index (κ3) is 3.93. The first kappa shape index (κ1) is 15.3. The zero-order valence-electron chi connectivity index (χ0n) is 12.3. The molecule has 21 heavy (non-hydrogen) atoms. The van der Waals surface area contributed by atoms with Gasteiger partial charge in [-0.2, -0.15) is 0 Å². The molecular weight excluding hydrogens is 270 g/mol. The lowest BCUT2D eigenvalue weighted by Crippen LogP contribution is -2.36. The molecule has 1 aliphatic rings. The van der Waals surface area contributed by atoms with Crippen molar-refractivity contribution in [2.45, 2.75) is 32.6 Å². The number of likely N-dealkylation sites (tertiary alicyclic amines) is 1. The number of aryl methyl sites for hydroxylation is 1. The summed E-state index contributed by atoms with van der Waals surface area (Å²) < 4.78 is 0. The van der Waals surface area contributed by atoms with Crippen molar-refractivity contribution in [3.8, 4) is 0 Å². The molecule has 0 saturated carbocycles. The number of amides is 1. The Morgan fingerprint density at radius 1 is 1.33 bits per heavy atom. The summed E-state index contributed by atoms with van der Waals surface area (Å²) in [6.45, 7) is 3.80. The zero-order valence-corrected chi connectivity index (χ0v) is 12.3. The molecule has 114 valence electrons. The molecule has 1 fully saturated rings. The smallest absolute Gasteiger partial charge is 0.295 e. The Morgan fingerprint density at radius 3 is 2.71 bits per heavy atom. The van der Waals surface area contributed by atoms with E-state index < -0.39 is 0 Å². The van der Waals surface area contributed by atoms with Crippen molar-refractivity contribution in [3.05, 3.63) is 33.9 Å². The number of piperidine rings is 1. The summed E-state index contributed by atoms with van der Waals surface area (Å²) in [6, 6.07) is 5.16. The highest BCUT2D eigenvalue weighted by atomic mass is 16.6. The number of carbonyl (C=O) groups is 1. The van der Waals surface area contributed by atoms with Gasteiger partial charge in [-0.25, -0.2) is 0 Å². The predicted molar refractivity (Wildman–Crippen MR) is 81.4 cm³/mol. The standard InChI is InChI=1S/C15H21N3O3/c1-12-6-5-7-13(15(12)18(20)21)16-9-8-14(19)17-10-3-2-4-11-17/h5-7,16H,2-4,8-11H2,1H3. The highest BCUT2D eigenvalue weighted by Crippen LogP contribution is 2.27. The Bertz CT molecular complexity index is 525. The maximum atomic E-state index is 12.0. The van der Waals surface area contributed by atoms with Crippen LogP contribution in [0.1, 0.15) is 31.2 Å². The summed E-state index contributed by atoms with van der Waals surface area (Å²) in [4.78, 5) is 24.6. The number of carbonyl (C=O) groups excluding carboxylic acids is 1. The Morgan fingerprint density at radius 2 is 2.05 bits per heavy atom. The molecule has 0 aromatic heterocycles. The minimum atomic E-state index is -0.385. The summed E-state index contributed by atoms with van der Waals surface area (Å²) >= 11 is 0. The predicted octanol–water partition coefficient (Wildman–Crippen LogP) is 2.72. The molecule has 1 amide bonds. The van der Waals surface area contributed by atoms with Crippen molar-refractivity contribution in [2.75, 3.05) is 25.0 Å². The van der Waals surface area contributed by atoms with Gasteiger partial charge in [-0.15, -0.1) is 0 Å². The number of nitrogens with zero attached hydrogens (tertiary/aromatic N) is 2. The maximum Gasteiger partial charge on any atom is 0.295 e. The lowest BCUT2D eigenvalue weighted by atomic mass is 10.1. The van der Waals surface area contributed by atoms with Gasteiger partial charge in [-0.05, 0) is 32.3 Å². The number of nitro groups is 1. The fourth-order valence-corrected chi connectivity index (χ4v) is 2.65. The molecule has 1 aromatic rings. The number of rotatable bonds is 5. The van der Waals surface area contributed by atoms with E-state index in [1.165, 1.54) is 6.42 Å². The molecule has 0 spiro atoms. The maximum absolute atomic E-state index is 12.0. The summed E-state index contributed by atoms with van der Waals surface area (Å²) in [7, 11) is 0. The lowest BCUT2D eigenvalue weighted by Gasteiger charge is -2.26. The van der Waals surface area contributed by atoms with E-state index in [1.807, 2.05) is 4.90 Å². The number of anilines is 1. The van der Waals surface area contributed by atoms with Crippen LogP contribution in [0, 0.1) is 17.0 Å². The zero-order chi connectivity index (χ0) is 15.2. The number of benzene rings is 1. The number of hydrogen-bond donors (Lipinski definition) is 1. The van der Waals surface area contributed by atoms with Crippen LogP contribution < -0.4 is 5.32 Å². The van der Waals surface area contributed by atoms with E-state index >= 15 is 0 Å². The fourth-order valence-electron chi connectivity index (χ4n) is 2.65. The quantitative estimate of drug-likeness (QED) is 0.668. The molecule has 1 aromatic carbocycles. The molecule has 0 radical (unpaired) electrons. The van der Waals surface area contributed by atoms with E-state index in [-0.39, 0.29) is 16.5 Å². The molecular formula is C15H21N3O3. The first-order valence-electron chi connectivity index (χ1n) is 7.35. The van der Waals surface area contributed by atoms with Crippen molar-refractivity contribution >= 4 is 17.3 Å². The molecule has 0 bridgehead atoms. The summed E-state index contributed by atoms with van der Waals surface area (Å²) in [5, 5.41) is 14.1. The van der Waals surface area contributed by atoms with Crippen LogP contribution in [-0.2, 0) is 4.79 Å². The number of nitrogens with one attached hydrogen (secondary N) is 1. The van der Waals surface area contributed by atoms with E-state index in [0.717, 1.165) is 25.9 Å². The molecule has 2 rings (SSSR count). The highest BCUT2D eigenvalue weighted by Gasteiger charge is 2.18. The van der Waals surface area contributed by atoms with Crippen LogP contribution >= 0.6 is 0 Å². The molecule has 6 heteroatoms. The Kier molecular flexibility index (Phi) is 5.14. The van der Waals surface area contributed by atoms with Crippen molar-refractivity contribution in [3.63, 3.8) is 0 Å². The topological polar surface area (TPSA) is 75.5 Å². The molecule has 1 aliphatic heterocycles. The van der Waals surface area contributed by atoms with Crippen LogP contribution in [0.4, 0.5) is 11.4 Å². The van der Waals surface area contributed by atoms with Gasteiger partial charge < -0.3 is 10.2 Å². The van der Waals surface area contributed by atoms with Crippen molar-refractivity contribution < 1.29 is 9.72 Å². The lowest BCUT2D eigenvalue weighted by molar-refractivity contribution is -0.384. The average molecular weight is 291 g/mol. The molecule has 0 aliphatic carbocycles. The minimum Gasteiger partial charge on any atom is -0.379 e. The van der Waals surface area contributed by atoms with Crippen LogP contribution in [0.15, 0.2) is 18.2 Å². The Balaban J connectivity index is 1.90. The second-order valence-corrected chi connectivity index (χ2v) is 5.35. The van der Waals surface area contributed by atoms with E-state index in [0.29, 0.717) is 24.2 Å². The van der Waals surface area contributed by atoms with Crippen LogP contribution in [0.2, 0.25) is 0 Å². The number of nitro benzene ring substituents is 1. The minimum absolute atomic E-state index is 0.0860. The molecule has 1 N–H and O–H groups in total. The summed E-state index contributed by atoms with van der Waals surface area (Å²) in [5.74, 6) is 0.123. The van der Waals surface area contributed by atoms with E-state index in [2.05, 4.69) is 5.32 Å². The largest absolute Gasteiger partial charge is 0.379 e. The fraction of sp³-hybridized carbons (Fsp3) is 0.533. The van der Waals surface area contributed by atoms with Gasteiger partial charge in [-0.1, -0.05) is 12.1 Å². The van der Waals surface area contributed by atoms with Crippen molar-refractivity contribution in [1.29, 1.82) is 0 Å². The van der Waals surface area contributed by atoms with Crippen LogP contribution in [0.5, 0.6) is 0 Å². The second-order valence-electron chi connectivity index (χ2n) is 5.35. The van der Waals surface area contributed by atoms with Gasteiger partial charge in [0.2, 0.25) is 5.91 Å². The highest BCUT2D eigenvalue weighted by molar-refractivity contribution is 5.77. The van der Waals surface area contributed by atoms with Gasteiger partial charge in [0.15, 0.2) is 0 Å². The van der Waals surface area contributed by atoms with E-state index in [9.17, 15) is 14.9 Å². The summed E-state index contributed by atoms with van der Waals surface area (Å²) in [6.07, 6.45) is 3.70. The van der Waals surface area contributed by atoms with Crippen LogP contribution in [0.3, 0.4) is 0 Å². The van der Waals surface area contributed by atoms with E-state index in [1.54, 1.807) is 25.1 Å². The SMILES string of the molecule is Cc1cccc(NCCC(=O)N2CCCCC2)c1[N+](=O)[O-]. The third-order valence-corrected chi connectivity index (χ3v) is 3.78. The molecule has 0 atom stereocenters. The van der Waals surface area contributed by atoms with Gasteiger partial charge in [0.05, 0.1) is 4.92 Å². The number of para-hydroxylation sites is 1. The first-order chi connectivity index (χ1) is 10.1. The summed E-state index contributed by atoms with van der Waals surface area (Å²) in [5.41, 5.74) is 1.18. The van der Waals surface area contributed by atoms with Crippen molar-refractivity contribution in [2.24, 2.45) is 0 Å². The second kappa shape index (κ2) is 7.06. The van der Waals surface area contributed by atoms with E-state index in [4.69, 9.17) is 0 Å². The first-order valence-corrected chi connectivity index (χ1v) is 7.35. The van der Waals surface area contributed by atoms with Gasteiger partial charge in [0, 0.05) is 31.6 Å². The van der Waals surface area contributed by atoms with Gasteiger partial charge >= 0.3 is 0 Å². The molecule has 1 heterocycles. The normalized spacial score (nSPS) is 14.8. The van der Waals surface area contributed by atoms with Crippen LogP contribution in [0.25, 0.3) is 0 Å². The number of hydrogen-bond acceptors (Lipinski definition) is 4. The average Bonchev–Trinajstić information content (AvgIpc) is 2.47. The molecule has 6 nitrogen and oxygen atoms in total. The van der Waals surface area contributed by atoms with Crippen LogP contribution in [-0.4, -0.2) is 35.4 Å². The third-order valence-electron chi connectivity index (χ3n) is 3.78. The molecule has 1 saturated heterocycles. The van der Waals surface area contributed by atoms with Crippen molar-refractivity contribution in [1.82, 2.24) is 4.90 Å². The van der Waals surface area contributed by atoms with Gasteiger partial charge in [-0.3, -0.25) is 14.9 Å². The van der Waals surface area contributed by atoms with Gasteiger partial charge in [0.25, 0.3) is 5.69 Å².